The summed E-state index contributed by atoms with van der Waals surface area (Å²) < 4.78 is 5.25. The fraction of sp³-hybridized carbons (Fsp3) is 0.647. The Hall–Kier alpha value is -1.62. The van der Waals surface area contributed by atoms with E-state index >= 15 is 0 Å². The van der Waals surface area contributed by atoms with Gasteiger partial charge < -0.3 is 15.4 Å². The number of rotatable bonds is 7. The molecule has 0 radical (unpaired) electrons. The summed E-state index contributed by atoms with van der Waals surface area (Å²) in [6.45, 7) is 11.0. The quantitative estimate of drug-likeness (QED) is 0.812. The van der Waals surface area contributed by atoms with Crippen molar-refractivity contribution in [3.8, 4) is 0 Å². The Kier molecular flexibility index (Phi) is 7.32. The zero-order chi connectivity index (χ0) is 16.6. The highest BCUT2D eigenvalue weighted by Gasteiger charge is 2.17. The van der Waals surface area contributed by atoms with Crippen LogP contribution in [0.1, 0.15) is 51.8 Å². The average molecular weight is 307 g/mol. The number of carbonyl (C=O) groups excluding carboxylic acids is 1. The first-order valence-electron chi connectivity index (χ1n) is 7.92. The van der Waals surface area contributed by atoms with Crippen molar-refractivity contribution in [2.75, 3.05) is 6.54 Å². The number of carbonyl (C=O) groups is 1. The highest BCUT2D eigenvalue weighted by atomic mass is 16.6. The monoisotopic (exact) mass is 307 g/mol. The highest BCUT2D eigenvalue weighted by molar-refractivity contribution is 5.67. The number of nitrogens with zero attached hydrogens (tertiary/aromatic N) is 1. The second kappa shape index (κ2) is 8.73. The molecular weight excluding hydrogens is 278 g/mol. The minimum Gasteiger partial charge on any atom is -0.444 e. The minimum absolute atomic E-state index is 0.221. The Morgan fingerprint density at radius 2 is 2.09 bits per heavy atom. The number of pyridine rings is 1. The maximum Gasteiger partial charge on any atom is 0.407 e. The lowest BCUT2D eigenvalue weighted by molar-refractivity contribution is 0.0521. The van der Waals surface area contributed by atoms with Crippen LogP contribution in [0.5, 0.6) is 0 Å². The van der Waals surface area contributed by atoms with Gasteiger partial charge in [0.15, 0.2) is 0 Å². The first-order valence-corrected chi connectivity index (χ1v) is 7.92. The number of hydrogen-bond donors (Lipinski definition) is 2. The van der Waals surface area contributed by atoms with Gasteiger partial charge in [-0.05, 0) is 45.7 Å². The van der Waals surface area contributed by atoms with Crippen LogP contribution in [0.3, 0.4) is 0 Å². The number of aryl methyl sites for hydroxylation is 1. The van der Waals surface area contributed by atoms with Gasteiger partial charge in [0.25, 0.3) is 0 Å². The third-order valence-corrected chi connectivity index (χ3v) is 3.10. The Morgan fingerprint density at radius 3 is 2.64 bits per heavy atom. The molecule has 0 aliphatic rings. The lowest BCUT2D eigenvalue weighted by Crippen LogP contribution is -2.42. The standard InChI is InChI=1S/C17H29N3O2/c1-6-7-15(12-20-16(21)22-17(3,4)5)19-11-14-9-8-13(2)18-10-14/h8-10,15,19H,6-7,11-12H2,1-5H3,(H,20,21). The van der Waals surface area contributed by atoms with Crippen molar-refractivity contribution >= 4 is 6.09 Å². The average Bonchev–Trinajstić information content (AvgIpc) is 2.42. The summed E-state index contributed by atoms with van der Waals surface area (Å²) in [7, 11) is 0. The molecule has 0 saturated carbocycles. The number of alkyl carbamates (subject to hydrolysis) is 1. The predicted molar refractivity (Wildman–Crippen MR) is 88.7 cm³/mol. The first kappa shape index (κ1) is 18.4. The molecule has 1 amide bonds. The summed E-state index contributed by atoms with van der Waals surface area (Å²) in [5.41, 5.74) is 1.69. The zero-order valence-corrected chi connectivity index (χ0v) is 14.4. The van der Waals surface area contributed by atoms with E-state index in [2.05, 4.69) is 28.6 Å². The molecule has 1 rings (SSSR count). The predicted octanol–water partition coefficient (Wildman–Crippen LogP) is 3.17. The number of aromatic nitrogens is 1. The van der Waals surface area contributed by atoms with Crippen LogP contribution in [0, 0.1) is 6.92 Å². The number of amides is 1. The van der Waals surface area contributed by atoms with E-state index in [1.54, 1.807) is 0 Å². The van der Waals surface area contributed by atoms with Gasteiger partial charge in [0, 0.05) is 31.0 Å². The second-order valence-corrected chi connectivity index (χ2v) is 6.56. The molecule has 0 saturated heterocycles. The summed E-state index contributed by atoms with van der Waals surface area (Å²) in [4.78, 5) is 16.0. The molecule has 1 aromatic rings. The smallest absolute Gasteiger partial charge is 0.407 e. The maximum atomic E-state index is 11.7. The molecule has 0 spiro atoms. The summed E-state index contributed by atoms with van der Waals surface area (Å²) in [6, 6.07) is 4.29. The molecule has 124 valence electrons. The van der Waals surface area contributed by atoms with Crippen LogP contribution in [0.25, 0.3) is 0 Å². The molecule has 1 atom stereocenters. The maximum absolute atomic E-state index is 11.7. The van der Waals surface area contributed by atoms with E-state index in [1.807, 2.05) is 40.0 Å². The van der Waals surface area contributed by atoms with Crippen LogP contribution in [0.4, 0.5) is 4.79 Å². The van der Waals surface area contributed by atoms with Gasteiger partial charge in [-0.25, -0.2) is 4.79 Å². The van der Waals surface area contributed by atoms with Crippen LogP contribution < -0.4 is 10.6 Å². The SMILES string of the molecule is CCCC(CNC(=O)OC(C)(C)C)NCc1ccc(C)nc1. The molecule has 5 nitrogen and oxygen atoms in total. The van der Waals surface area contributed by atoms with E-state index in [0.717, 1.165) is 30.6 Å². The van der Waals surface area contributed by atoms with Gasteiger partial charge in [-0.3, -0.25) is 4.98 Å². The van der Waals surface area contributed by atoms with Crippen molar-refractivity contribution in [2.45, 2.75) is 65.6 Å². The van der Waals surface area contributed by atoms with Crippen molar-refractivity contribution in [3.63, 3.8) is 0 Å². The van der Waals surface area contributed by atoms with Crippen molar-refractivity contribution in [3.05, 3.63) is 29.6 Å². The summed E-state index contributed by atoms with van der Waals surface area (Å²) in [5, 5.41) is 6.29. The third kappa shape index (κ3) is 7.98. The highest BCUT2D eigenvalue weighted by Crippen LogP contribution is 2.07. The second-order valence-electron chi connectivity index (χ2n) is 6.56. The number of hydrogen-bond acceptors (Lipinski definition) is 4. The normalized spacial score (nSPS) is 12.8. The molecule has 0 fully saturated rings. The van der Waals surface area contributed by atoms with E-state index in [1.165, 1.54) is 0 Å². The molecular formula is C17H29N3O2. The van der Waals surface area contributed by atoms with Crippen molar-refractivity contribution in [1.82, 2.24) is 15.6 Å². The molecule has 0 bridgehead atoms. The number of nitrogens with one attached hydrogen (secondary N) is 2. The zero-order valence-electron chi connectivity index (χ0n) is 14.4. The van der Waals surface area contributed by atoms with Gasteiger partial charge in [-0.15, -0.1) is 0 Å². The van der Waals surface area contributed by atoms with Gasteiger partial charge >= 0.3 is 6.09 Å². The minimum atomic E-state index is -0.467. The molecule has 2 N–H and O–H groups in total. The van der Waals surface area contributed by atoms with Gasteiger partial charge in [0.05, 0.1) is 0 Å². The lowest BCUT2D eigenvalue weighted by Gasteiger charge is -2.22. The van der Waals surface area contributed by atoms with Gasteiger partial charge in [0.2, 0.25) is 0 Å². The Balaban J connectivity index is 2.41. The topological polar surface area (TPSA) is 63.2 Å². The van der Waals surface area contributed by atoms with Gasteiger partial charge in [0.1, 0.15) is 5.60 Å². The van der Waals surface area contributed by atoms with E-state index in [9.17, 15) is 4.79 Å². The Bertz CT molecular complexity index is 452. The Labute approximate surface area is 133 Å². The van der Waals surface area contributed by atoms with Gasteiger partial charge in [-0.2, -0.15) is 0 Å². The molecule has 5 heteroatoms. The van der Waals surface area contributed by atoms with E-state index in [4.69, 9.17) is 4.74 Å². The summed E-state index contributed by atoms with van der Waals surface area (Å²) >= 11 is 0. The molecule has 0 aliphatic heterocycles. The van der Waals surface area contributed by atoms with Crippen LogP contribution in [-0.4, -0.2) is 29.3 Å². The van der Waals surface area contributed by atoms with Crippen LogP contribution >= 0.6 is 0 Å². The van der Waals surface area contributed by atoms with Gasteiger partial charge in [-0.1, -0.05) is 19.4 Å². The largest absolute Gasteiger partial charge is 0.444 e. The van der Waals surface area contributed by atoms with Crippen molar-refractivity contribution in [2.24, 2.45) is 0 Å². The molecule has 1 heterocycles. The first-order chi connectivity index (χ1) is 10.3. The van der Waals surface area contributed by atoms with E-state index in [0.29, 0.717) is 6.54 Å². The fourth-order valence-corrected chi connectivity index (χ4v) is 2.01. The fourth-order valence-electron chi connectivity index (χ4n) is 2.01. The van der Waals surface area contributed by atoms with E-state index < -0.39 is 5.60 Å². The lowest BCUT2D eigenvalue weighted by atomic mass is 10.1. The summed E-state index contributed by atoms with van der Waals surface area (Å²) in [6.07, 6.45) is 3.56. The molecule has 0 aromatic carbocycles. The van der Waals surface area contributed by atoms with Crippen molar-refractivity contribution in [1.29, 1.82) is 0 Å². The summed E-state index contributed by atoms with van der Waals surface area (Å²) in [5.74, 6) is 0. The third-order valence-electron chi connectivity index (χ3n) is 3.10. The number of ether oxygens (including phenoxy) is 1. The molecule has 22 heavy (non-hydrogen) atoms. The van der Waals surface area contributed by atoms with Crippen LogP contribution in [-0.2, 0) is 11.3 Å². The van der Waals surface area contributed by atoms with E-state index in [-0.39, 0.29) is 12.1 Å². The Morgan fingerprint density at radius 1 is 1.36 bits per heavy atom. The molecule has 1 unspecified atom stereocenters. The molecule has 0 aliphatic carbocycles. The van der Waals surface area contributed by atoms with Crippen LogP contribution in [0.15, 0.2) is 18.3 Å². The molecule has 1 aromatic heterocycles. The van der Waals surface area contributed by atoms with Crippen molar-refractivity contribution < 1.29 is 9.53 Å². The van der Waals surface area contributed by atoms with Crippen LogP contribution in [0.2, 0.25) is 0 Å².